The number of pyridine rings is 2. The van der Waals surface area contributed by atoms with E-state index in [0.717, 1.165) is 38.9 Å². The zero-order valence-corrected chi connectivity index (χ0v) is 21.9. The molecule has 0 saturated carbocycles. The molecule has 5 aromatic carbocycles. The molecule has 0 fully saturated rings. The maximum absolute atomic E-state index is 5.22. The number of aromatic nitrogens is 2. The van der Waals surface area contributed by atoms with Crippen LogP contribution in [0.25, 0.3) is 66.2 Å². The van der Waals surface area contributed by atoms with Crippen molar-refractivity contribution in [3.8, 4) is 33.6 Å². The van der Waals surface area contributed by atoms with Crippen molar-refractivity contribution in [2.45, 2.75) is 19.3 Å². The molecule has 2 heteroatoms. The molecule has 8 rings (SSSR count). The standard InChI is InChI=1S/C37H26N2/c1-37(2)30-12-6-4-10-26(30)27-20-21-29-34(35(27)37)28-11-5-8-14-33(28)39-36(29)25-17-15-24(16-18-25)32-22-19-23-9-3-7-13-31(23)38-32/h3-22H,1-2H3. The number of benzene rings is 5. The van der Waals surface area contributed by atoms with Crippen LogP contribution in [0.15, 0.2) is 121 Å². The van der Waals surface area contributed by atoms with E-state index in [0.29, 0.717) is 0 Å². The summed E-state index contributed by atoms with van der Waals surface area (Å²) in [5.74, 6) is 0. The zero-order valence-electron chi connectivity index (χ0n) is 21.9. The van der Waals surface area contributed by atoms with E-state index in [1.54, 1.807) is 0 Å². The summed E-state index contributed by atoms with van der Waals surface area (Å²) < 4.78 is 0. The Labute approximate surface area is 227 Å². The molecular formula is C37H26N2. The molecule has 2 nitrogen and oxygen atoms in total. The quantitative estimate of drug-likeness (QED) is 0.222. The minimum atomic E-state index is -0.0988. The molecule has 0 unspecified atom stereocenters. The summed E-state index contributed by atoms with van der Waals surface area (Å²) in [6, 6.07) is 43.2. The molecule has 2 aromatic heterocycles. The maximum atomic E-state index is 5.22. The van der Waals surface area contributed by atoms with Crippen LogP contribution in [-0.2, 0) is 5.41 Å². The van der Waals surface area contributed by atoms with Gasteiger partial charge in [0, 0.05) is 32.7 Å². The molecule has 2 heterocycles. The minimum Gasteiger partial charge on any atom is -0.248 e. The first-order valence-corrected chi connectivity index (χ1v) is 13.5. The Morgan fingerprint density at radius 3 is 2.10 bits per heavy atom. The van der Waals surface area contributed by atoms with E-state index < -0.39 is 0 Å². The summed E-state index contributed by atoms with van der Waals surface area (Å²) in [4.78, 5) is 10.1. The molecule has 1 aliphatic rings. The second-order valence-electron chi connectivity index (χ2n) is 11.0. The maximum Gasteiger partial charge on any atom is 0.0788 e. The van der Waals surface area contributed by atoms with E-state index in [1.807, 2.05) is 6.07 Å². The van der Waals surface area contributed by atoms with Gasteiger partial charge in [0.15, 0.2) is 0 Å². The Bertz CT molecular complexity index is 2080. The highest BCUT2D eigenvalue weighted by Crippen LogP contribution is 2.53. The molecule has 0 bridgehead atoms. The third-order valence-electron chi connectivity index (χ3n) is 8.43. The van der Waals surface area contributed by atoms with Crippen LogP contribution in [0.5, 0.6) is 0 Å². The molecule has 0 saturated heterocycles. The topological polar surface area (TPSA) is 25.8 Å². The molecule has 0 amide bonds. The third kappa shape index (κ3) is 3.21. The smallest absolute Gasteiger partial charge is 0.0788 e. The van der Waals surface area contributed by atoms with Crippen molar-refractivity contribution in [3.05, 3.63) is 132 Å². The first kappa shape index (κ1) is 22.2. The van der Waals surface area contributed by atoms with Crippen LogP contribution in [0.3, 0.4) is 0 Å². The van der Waals surface area contributed by atoms with Crippen LogP contribution >= 0.6 is 0 Å². The van der Waals surface area contributed by atoms with Gasteiger partial charge >= 0.3 is 0 Å². The Hall–Kier alpha value is -4.82. The SMILES string of the molecule is CC1(C)c2ccccc2-c2ccc3c(-c4ccc(-c5ccc6ccccc6n5)cc4)nc4ccccc4c3c21. The molecule has 0 spiro atoms. The fraction of sp³-hybridized carbons (Fsp3) is 0.0811. The number of hydrogen-bond donors (Lipinski definition) is 0. The van der Waals surface area contributed by atoms with Crippen molar-refractivity contribution >= 4 is 32.6 Å². The summed E-state index contributed by atoms with van der Waals surface area (Å²) in [5, 5.41) is 4.88. The van der Waals surface area contributed by atoms with Gasteiger partial charge in [0.1, 0.15) is 0 Å². The fourth-order valence-electron chi connectivity index (χ4n) is 6.56. The number of fused-ring (bicyclic) bond motifs is 8. The van der Waals surface area contributed by atoms with Crippen LogP contribution in [0.4, 0.5) is 0 Å². The van der Waals surface area contributed by atoms with Gasteiger partial charge in [-0.15, -0.1) is 0 Å². The molecule has 0 atom stereocenters. The highest BCUT2D eigenvalue weighted by molar-refractivity contribution is 6.15. The summed E-state index contributed by atoms with van der Waals surface area (Å²) in [7, 11) is 0. The normalized spacial score (nSPS) is 13.6. The van der Waals surface area contributed by atoms with Crippen molar-refractivity contribution in [1.82, 2.24) is 9.97 Å². The van der Waals surface area contributed by atoms with Crippen molar-refractivity contribution in [2.24, 2.45) is 0 Å². The molecular weight excluding hydrogens is 472 g/mol. The lowest BCUT2D eigenvalue weighted by atomic mass is 9.79. The van der Waals surface area contributed by atoms with E-state index >= 15 is 0 Å². The highest BCUT2D eigenvalue weighted by atomic mass is 14.7. The van der Waals surface area contributed by atoms with Gasteiger partial charge in [-0.05, 0) is 45.8 Å². The van der Waals surface area contributed by atoms with Crippen LogP contribution in [0.1, 0.15) is 25.0 Å². The number of para-hydroxylation sites is 2. The monoisotopic (exact) mass is 498 g/mol. The molecule has 7 aromatic rings. The summed E-state index contributed by atoms with van der Waals surface area (Å²) in [6.45, 7) is 4.72. The summed E-state index contributed by atoms with van der Waals surface area (Å²) >= 11 is 0. The highest BCUT2D eigenvalue weighted by Gasteiger charge is 2.37. The largest absolute Gasteiger partial charge is 0.248 e. The molecule has 0 aliphatic heterocycles. The van der Waals surface area contributed by atoms with Gasteiger partial charge in [-0.2, -0.15) is 0 Å². The Morgan fingerprint density at radius 1 is 0.513 bits per heavy atom. The molecule has 0 N–H and O–H groups in total. The average Bonchev–Trinajstić information content (AvgIpc) is 3.23. The fourth-order valence-corrected chi connectivity index (χ4v) is 6.56. The number of nitrogens with zero attached hydrogens (tertiary/aromatic N) is 2. The zero-order chi connectivity index (χ0) is 26.1. The second kappa shape index (κ2) is 8.09. The van der Waals surface area contributed by atoms with E-state index in [-0.39, 0.29) is 5.41 Å². The lowest BCUT2D eigenvalue weighted by Gasteiger charge is -2.24. The third-order valence-corrected chi connectivity index (χ3v) is 8.43. The predicted molar refractivity (Wildman–Crippen MR) is 163 cm³/mol. The van der Waals surface area contributed by atoms with E-state index in [9.17, 15) is 0 Å². The average molecular weight is 499 g/mol. The van der Waals surface area contributed by atoms with Gasteiger partial charge in [-0.25, -0.2) is 9.97 Å². The summed E-state index contributed by atoms with van der Waals surface area (Å²) in [6.07, 6.45) is 0. The Balaban J connectivity index is 1.34. The lowest BCUT2D eigenvalue weighted by Crippen LogP contribution is -2.15. The van der Waals surface area contributed by atoms with E-state index in [1.165, 1.54) is 38.4 Å². The number of hydrogen-bond acceptors (Lipinski definition) is 2. The van der Waals surface area contributed by atoms with Gasteiger partial charge in [-0.1, -0.05) is 117 Å². The van der Waals surface area contributed by atoms with E-state index in [4.69, 9.17) is 9.97 Å². The van der Waals surface area contributed by atoms with Crippen molar-refractivity contribution < 1.29 is 0 Å². The van der Waals surface area contributed by atoms with Gasteiger partial charge in [0.2, 0.25) is 0 Å². The molecule has 39 heavy (non-hydrogen) atoms. The van der Waals surface area contributed by atoms with Crippen LogP contribution in [0.2, 0.25) is 0 Å². The first-order chi connectivity index (χ1) is 19.1. The molecule has 184 valence electrons. The van der Waals surface area contributed by atoms with Crippen LogP contribution in [0, 0.1) is 0 Å². The van der Waals surface area contributed by atoms with Gasteiger partial charge in [0.25, 0.3) is 0 Å². The molecule has 0 radical (unpaired) electrons. The van der Waals surface area contributed by atoms with Gasteiger partial charge in [-0.3, -0.25) is 0 Å². The van der Waals surface area contributed by atoms with Crippen LogP contribution < -0.4 is 0 Å². The van der Waals surface area contributed by atoms with Gasteiger partial charge in [0.05, 0.1) is 22.4 Å². The van der Waals surface area contributed by atoms with Crippen molar-refractivity contribution in [1.29, 1.82) is 0 Å². The minimum absolute atomic E-state index is 0.0988. The van der Waals surface area contributed by atoms with Crippen LogP contribution in [-0.4, -0.2) is 9.97 Å². The predicted octanol–water partition coefficient (Wildman–Crippen LogP) is 9.58. The Kier molecular flexibility index (Phi) is 4.60. The Morgan fingerprint density at radius 2 is 1.23 bits per heavy atom. The van der Waals surface area contributed by atoms with Gasteiger partial charge < -0.3 is 0 Å². The lowest BCUT2D eigenvalue weighted by molar-refractivity contribution is 0.666. The van der Waals surface area contributed by atoms with Crippen molar-refractivity contribution in [3.63, 3.8) is 0 Å². The second-order valence-corrected chi connectivity index (χ2v) is 11.0. The first-order valence-electron chi connectivity index (χ1n) is 13.5. The molecule has 1 aliphatic carbocycles. The number of rotatable bonds is 2. The van der Waals surface area contributed by atoms with Crippen molar-refractivity contribution in [2.75, 3.05) is 0 Å². The summed E-state index contributed by atoms with van der Waals surface area (Å²) in [5.41, 5.74) is 11.6. The van der Waals surface area contributed by atoms with E-state index in [2.05, 4.69) is 129 Å².